The quantitative estimate of drug-likeness (QED) is 0.776. The van der Waals surface area contributed by atoms with Gasteiger partial charge in [-0.1, -0.05) is 27.7 Å². The number of nitrogens with two attached hydrogens (primary N) is 1. The van der Waals surface area contributed by atoms with Crippen LogP contribution in [-0.4, -0.2) is 19.1 Å². The van der Waals surface area contributed by atoms with Crippen LogP contribution in [0.5, 0.6) is 0 Å². The Balaban J connectivity index is 1.74. The SMILES string of the molecule is CC(CNC(CN)C1CCC(C(C)(C)C)CC1)C1CC1. The molecule has 0 aromatic carbocycles. The van der Waals surface area contributed by atoms with Crippen molar-refractivity contribution in [3.8, 4) is 0 Å². The van der Waals surface area contributed by atoms with E-state index in [9.17, 15) is 0 Å². The molecule has 0 bridgehead atoms. The van der Waals surface area contributed by atoms with E-state index in [1.54, 1.807) is 0 Å². The van der Waals surface area contributed by atoms with Gasteiger partial charge >= 0.3 is 0 Å². The van der Waals surface area contributed by atoms with Crippen molar-refractivity contribution >= 4 is 0 Å². The summed E-state index contributed by atoms with van der Waals surface area (Å²) >= 11 is 0. The van der Waals surface area contributed by atoms with Crippen LogP contribution in [-0.2, 0) is 0 Å². The Labute approximate surface area is 126 Å². The highest BCUT2D eigenvalue weighted by Crippen LogP contribution is 2.41. The van der Waals surface area contributed by atoms with Gasteiger partial charge in [-0.15, -0.1) is 0 Å². The first-order valence-electron chi connectivity index (χ1n) is 8.85. The molecule has 2 saturated carbocycles. The summed E-state index contributed by atoms with van der Waals surface area (Å²) in [6.45, 7) is 11.6. The molecule has 0 radical (unpaired) electrons. The Kier molecular flexibility index (Phi) is 5.53. The first-order chi connectivity index (χ1) is 9.41. The van der Waals surface area contributed by atoms with Gasteiger partial charge in [0, 0.05) is 12.6 Å². The standard InChI is InChI=1S/C18H36N2/c1-13(14-5-6-14)12-20-17(11-19)15-7-9-16(10-8-15)18(2,3)4/h13-17,20H,5-12,19H2,1-4H3. The van der Waals surface area contributed by atoms with Gasteiger partial charge in [0.25, 0.3) is 0 Å². The van der Waals surface area contributed by atoms with Gasteiger partial charge in [0.2, 0.25) is 0 Å². The van der Waals surface area contributed by atoms with Gasteiger partial charge in [-0.25, -0.2) is 0 Å². The molecular weight excluding hydrogens is 244 g/mol. The van der Waals surface area contributed by atoms with Crippen LogP contribution in [0.25, 0.3) is 0 Å². The van der Waals surface area contributed by atoms with Gasteiger partial charge in [-0.05, 0) is 74.2 Å². The van der Waals surface area contributed by atoms with E-state index in [-0.39, 0.29) is 0 Å². The Morgan fingerprint density at radius 3 is 2.00 bits per heavy atom. The average Bonchev–Trinajstić information content (AvgIpc) is 3.23. The zero-order valence-corrected chi connectivity index (χ0v) is 14.1. The molecule has 0 amide bonds. The Morgan fingerprint density at radius 1 is 1.00 bits per heavy atom. The maximum absolute atomic E-state index is 6.04. The van der Waals surface area contributed by atoms with E-state index in [0.717, 1.165) is 30.2 Å². The van der Waals surface area contributed by atoms with Crippen LogP contribution >= 0.6 is 0 Å². The number of nitrogens with one attached hydrogen (secondary N) is 1. The lowest BCUT2D eigenvalue weighted by atomic mass is 9.68. The predicted octanol–water partition coefficient (Wildman–Crippen LogP) is 3.80. The molecule has 0 spiro atoms. The molecule has 2 unspecified atom stereocenters. The van der Waals surface area contributed by atoms with Crippen LogP contribution in [0, 0.1) is 29.1 Å². The van der Waals surface area contributed by atoms with Crippen LogP contribution in [0.15, 0.2) is 0 Å². The zero-order chi connectivity index (χ0) is 14.8. The highest BCUT2D eigenvalue weighted by molar-refractivity contribution is 4.87. The molecule has 0 aromatic rings. The van der Waals surface area contributed by atoms with Crippen LogP contribution in [0.3, 0.4) is 0 Å². The van der Waals surface area contributed by atoms with Crippen LogP contribution in [0.4, 0.5) is 0 Å². The monoisotopic (exact) mass is 280 g/mol. The molecule has 0 saturated heterocycles. The largest absolute Gasteiger partial charge is 0.329 e. The summed E-state index contributed by atoms with van der Waals surface area (Å²) in [5, 5.41) is 3.79. The van der Waals surface area contributed by atoms with Gasteiger partial charge in [-0.3, -0.25) is 0 Å². The van der Waals surface area contributed by atoms with Crippen molar-refractivity contribution in [2.24, 2.45) is 34.8 Å². The Hall–Kier alpha value is -0.0800. The zero-order valence-electron chi connectivity index (χ0n) is 14.1. The summed E-state index contributed by atoms with van der Waals surface area (Å²) < 4.78 is 0. The number of hydrogen-bond acceptors (Lipinski definition) is 2. The lowest BCUT2D eigenvalue weighted by molar-refractivity contribution is 0.132. The van der Waals surface area contributed by atoms with E-state index in [1.807, 2.05) is 0 Å². The van der Waals surface area contributed by atoms with E-state index in [2.05, 4.69) is 33.0 Å². The van der Waals surface area contributed by atoms with Crippen molar-refractivity contribution in [2.75, 3.05) is 13.1 Å². The number of hydrogen-bond donors (Lipinski definition) is 2. The molecule has 2 aliphatic rings. The third-order valence-corrected chi connectivity index (χ3v) is 5.95. The summed E-state index contributed by atoms with van der Waals surface area (Å²) in [6, 6.07) is 0.553. The lowest BCUT2D eigenvalue weighted by Crippen LogP contribution is -2.45. The third-order valence-electron chi connectivity index (χ3n) is 5.95. The van der Waals surface area contributed by atoms with Gasteiger partial charge in [0.05, 0.1) is 0 Å². The smallest absolute Gasteiger partial charge is 0.0218 e. The average molecular weight is 281 g/mol. The molecule has 3 N–H and O–H groups in total. The maximum Gasteiger partial charge on any atom is 0.0218 e. The first-order valence-corrected chi connectivity index (χ1v) is 8.85. The normalized spacial score (nSPS) is 31.1. The van der Waals surface area contributed by atoms with Gasteiger partial charge in [0.15, 0.2) is 0 Å². The third kappa shape index (κ3) is 4.46. The fourth-order valence-corrected chi connectivity index (χ4v) is 4.00. The molecule has 118 valence electrons. The summed E-state index contributed by atoms with van der Waals surface area (Å²) in [7, 11) is 0. The topological polar surface area (TPSA) is 38.0 Å². The first kappa shape index (κ1) is 16.3. The fraction of sp³-hybridized carbons (Fsp3) is 1.00. The Morgan fingerprint density at radius 2 is 1.55 bits per heavy atom. The molecule has 0 heterocycles. The highest BCUT2D eigenvalue weighted by atomic mass is 14.9. The molecule has 2 fully saturated rings. The molecule has 2 aliphatic carbocycles. The molecular formula is C18H36N2. The van der Waals surface area contributed by atoms with Crippen molar-refractivity contribution in [1.82, 2.24) is 5.32 Å². The summed E-state index contributed by atoms with van der Waals surface area (Å²) in [4.78, 5) is 0. The molecule has 2 rings (SSSR count). The summed E-state index contributed by atoms with van der Waals surface area (Å²) in [5.74, 6) is 3.56. The Bertz CT molecular complexity index is 282. The second kappa shape index (κ2) is 6.79. The molecule has 0 aliphatic heterocycles. The second-order valence-corrected chi connectivity index (χ2v) is 8.54. The predicted molar refractivity (Wildman–Crippen MR) is 87.6 cm³/mol. The van der Waals surface area contributed by atoms with Crippen LogP contribution in [0.1, 0.15) is 66.2 Å². The van der Waals surface area contributed by atoms with Crippen molar-refractivity contribution in [3.05, 3.63) is 0 Å². The van der Waals surface area contributed by atoms with Gasteiger partial charge in [0.1, 0.15) is 0 Å². The fourth-order valence-electron chi connectivity index (χ4n) is 4.00. The van der Waals surface area contributed by atoms with E-state index < -0.39 is 0 Å². The minimum atomic E-state index is 0.483. The van der Waals surface area contributed by atoms with Gasteiger partial charge in [-0.2, -0.15) is 0 Å². The second-order valence-electron chi connectivity index (χ2n) is 8.54. The van der Waals surface area contributed by atoms with E-state index in [4.69, 9.17) is 5.73 Å². The van der Waals surface area contributed by atoms with E-state index in [0.29, 0.717) is 11.5 Å². The summed E-state index contributed by atoms with van der Waals surface area (Å²) in [5.41, 5.74) is 6.52. The van der Waals surface area contributed by atoms with Crippen molar-refractivity contribution < 1.29 is 0 Å². The van der Waals surface area contributed by atoms with Crippen molar-refractivity contribution in [1.29, 1.82) is 0 Å². The number of rotatable bonds is 6. The lowest BCUT2D eigenvalue weighted by Gasteiger charge is -2.39. The van der Waals surface area contributed by atoms with Crippen molar-refractivity contribution in [3.63, 3.8) is 0 Å². The van der Waals surface area contributed by atoms with E-state index in [1.165, 1.54) is 45.1 Å². The van der Waals surface area contributed by atoms with Gasteiger partial charge < -0.3 is 11.1 Å². The minimum absolute atomic E-state index is 0.483. The molecule has 20 heavy (non-hydrogen) atoms. The minimum Gasteiger partial charge on any atom is -0.329 e. The van der Waals surface area contributed by atoms with Crippen LogP contribution < -0.4 is 11.1 Å². The molecule has 2 atom stereocenters. The molecule has 2 heteroatoms. The van der Waals surface area contributed by atoms with E-state index >= 15 is 0 Å². The summed E-state index contributed by atoms with van der Waals surface area (Å²) in [6.07, 6.45) is 8.43. The van der Waals surface area contributed by atoms with Crippen molar-refractivity contribution in [2.45, 2.75) is 72.3 Å². The molecule has 0 aromatic heterocycles. The highest BCUT2D eigenvalue weighted by Gasteiger charge is 2.33. The molecule has 2 nitrogen and oxygen atoms in total. The van der Waals surface area contributed by atoms with Crippen LogP contribution in [0.2, 0.25) is 0 Å². The maximum atomic E-state index is 6.04.